The van der Waals surface area contributed by atoms with Crippen LogP contribution in [0.2, 0.25) is 0 Å². The minimum absolute atomic E-state index is 0.0223. The highest BCUT2D eigenvalue weighted by atomic mass is 16.5. The van der Waals surface area contributed by atoms with Crippen molar-refractivity contribution in [2.45, 2.75) is 44.9 Å². The number of morpholine rings is 1. The standard InChI is InChI=1S/C16H26N4O3/c1-11-7-14(18(4)17-11)20-6-5-13(15(20)22)19-8-12(9-21)23-16(2,3)10-19/h7,12-13,21H,5-6,8-10H2,1-4H3. The molecule has 0 aliphatic carbocycles. The zero-order valence-corrected chi connectivity index (χ0v) is 14.3. The second kappa shape index (κ2) is 5.89. The van der Waals surface area contributed by atoms with Gasteiger partial charge in [0.2, 0.25) is 5.91 Å². The molecule has 1 aromatic rings. The van der Waals surface area contributed by atoms with Gasteiger partial charge in [0.15, 0.2) is 0 Å². The summed E-state index contributed by atoms with van der Waals surface area (Å²) in [6.07, 6.45) is 0.552. The van der Waals surface area contributed by atoms with E-state index in [-0.39, 0.29) is 30.3 Å². The average Bonchev–Trinajstić information content (AvgIpc) is 2.99. The zero-order valence-electron chi connectivity index (χ0n) is 14.3. The Hall–Kier alpha value is -1.44. The molecule has 3 heterocycles. The molecular formula is C16H26N4O3. The predicted octanol–water partition coefficient (Wildman–Crippen LogP) is 0.306. The molecule has 23 heavy (non-hydrogen) atoms. The molecule has 2 unspecified atom stereocenters. The molecule has 3 rings (SSSR count). The van der Waals surface area contributed by atoms with Gasteiger partial charge >= 0.3 is 0 Å². The molecule has 7 heteroatoms. The van der Waals surface area contributed by atoms with Crippen molar-refractivity contribution in [2.24, 2.45) is 7.05 Å². The van der Waals surface area contributed by atoms with Crippen molar-refractivity contribution in [3.8, 4) is 0 Å². The Kier molecular flexibility index (Phi) is 4.20. The minimum Gasteiger partial charge on any atom is -0.394 e. The second-order valence-electron chi connectivity index (χ2n) is 7.17. The quantitative estimate of drug-likeness (QED) is 0.867. The van der Waals surface area contributed by atoms with Crippen LogP contribution in [-0.2, 0) is 16.6 Å². The van der Waals surface area contributed by atoms with Gasteiger partial charge in [-0.2, -0.15) is 5.10 Å². The van der Waals surface area contributed by atoms with Crippen molar-refractivity contribution >= 4 is 11.7 Å². The van der Waals surface area contributed by atoms with Crippen LogP contribution >= 0.6 is 0 Å². The molecule has 7 nitrogen and oxygen atoms in total. The van der Waals surface area contributed by atoms with Crippen molar-refractivity contribution in [1.29, 1.82) is 0 Å². The molecule has 2 saturated heterocycles. The van der Waals surface area contributed by atoms with Gasteiger partial charge in [0.25, 0.3) is 0 Å². The first-order chi connectivity index (χ1) is 10.8. The van der Waals surface area contributed by atoms with Gasteiger partial charge in [-0.05, 0) is 27.2 Å². The molecule has 128 valence electrons. The molecule has 2 atom stereocenters. The maximum atomic E-state index is 12.9. The SMILES string of the molecule is Cc1cc(N2CCC(N3CC(CO)OC(C)(C)C3)C2=O)n(C)n1. The fraction of sp³-hybridized carbons (Fsp3) is 0.750. The zero-order chi connectivity index (χ0) is 16.8. The highest BCUT2D eigenvalue weighted by Crippen LogP contribution is 2.29. The monoisotopic (exact) mass is 322 g/mol. The van der Waals surface area contributed by atoms with Crippen molar-refractivity contribution in [2.75, 3.05) is 31.1 Å². The van der Waals surface area contributed by atoms with Crippen molar-refractivity contribution in [1.82, 2.24) is 14.7 Å². The van der Waals surface area contributed by atoms with Gasteiger partial charge in [0.05, 0.1) is 30.0 Å². The number of carbonyl (C=O) groups is 1. The molecule has 0 aromatic carbocycles. The number of ether oxygens (including phenoxy) is 1. The Morgan fingerprint density at radius 1 is 1.48 bits per heavy atom. The van der Waals surface area contributed by atoms with E-state index < -0.39 is 0 Å². The molecule has 0 bridgehead atoms. The number of rotatable bonds is 3. The third-order valence-electron chi connectivity index (χ3n) is 4.58. The number of aliphatic hydroxyl groups excluding tert-OH is 1. The maximum absolute atomic E-state index is 12.9. The van der Waals surface area contributed by atoms with Gasteiger partial charge in [-0.1, -0.05) is 0 Å². The summed E-state index contributed by atoms with van der Waals surface area (Å²) in [6, 6.07) is 1.79. The summed E-state index contributed by atoms with van der Waals surface area (Å²) >= 11 is 0. The van der Waals surface area contributed by atoms with Crippen LogP contribution in [-0.4, -0.2) is 69.7 Å². The number of aromatic nitrogens is 2. The van der Waals surface area contributed by atoms with Gasteiger partial charge in [-0.15, -0.1) is 0 Å². The van der Waals surface area contributed by atoms with Crippen molar-refractivity contribution < 1.29 is 14.6 Å². The van der Waals surface area contributed by atoms with E-state index in [2.05, 4.69) is 10.00 Å². The van der Waals surface area contributed by atoms with Gasteiger partial charge in [0.1, 0.15) is 5.82 Å². The number of aryl methyl sites for hydroxylation is 2. The fourth-order valence-corrected chi connectivity index (χ4v) is 3.75. The average molecular weight is 322 g/mol. The third-order valence-corrected chi connectivity index (χ3v) is 4.58. The van der Waals surface area contributed by atoms with E-state index in [0.717, 1.165) is 17.9 Å². The van der Waals surface area contributed by atoms with Crippen LogP contribution in [0.3, 0.4) is 0 Å². The lowest BCUT2D eigenvalue weighted by molar-refractivity contribution is -0.159. The number of amides is 1. The Balaban J connectivity index is 1.77. The van der Waals surface area contributed by atoms with Crippen molar-refractivity contribution in [3.05, 3.63) is 11.8 Å². The summed E-state index contributed by atoms with van der Waals surface area (Å²) in [5, 5.41) is 13.8. The summed E-state index contributed by atoms with van der Waals surface area (Å²) in [6.45, 7) is 7.90. The fourth-order valence-electron chi connectivity index (χ4n) is 3.75. The predicted molar refractivity (Wildman–Crippen MR) is 86.3 cm³/mol. The number of anilines is 1. The molecule has 2 aliphatic rings. The Bertz CT molecular complexity index is 598. The van der Waals surface area contributed by atoms with Crippen LogP contribution in [0.4, 0.5) is 5.82 Å². The summed E-state index contributed by atoms with van der Waals surface area (Å²) in [5.74, 6) is 0.962. The molecule has 0 spiro atoms. The van der Waals surface area contributed by atoms with E-state index in [9.17, 15) is 9.90 Å². The summed E-state index contributed by atoms with van der Waals surface area (Å²) in [7, 11) is 1.86. The minimum atomic E-state index is -0.359. The molecule has 0 radical (unpaired) electrons. The Morgan fingerprint density at radius 3 is 2.83 bits per heavy atom. The van der Waals surface area contributed by atoms with Crippen LogP contribution in [0.25, 0.3) is 0 Å². The van der Waals surface area contributed by atoms with E-state index >= 15 is 0 Å². The number of carbonyl (C=O) groups excluding carboxylic acids is 1. The summed E-state index contributed by atoms with van der Waals surface area (Å²) in [4.78, 5) is 16.9. The summed E-state index contributed by atoms with van der Waals surface area (Å²) < 4.78 is 7.61. The lowest BCUT2D eigenvalue weighted by Crippen LogP contribution is -2.58. The normalized spacial score (nSPS) is 28.6. The lowest BCUT2D eigenvalue weighted by atomic mass is 10.0. The van der Waals surface area contributed by atoms with E-state index in [0.29, 0.717) is 19.6 Å². The van der Waals surface area contributed by atoms with Gasteiger partial charge in [-0.3, -0.25) is 19.3 Å². The van der Waals surface area contributed by atoms with Crippen LogP contribution in [0.1, 0.15) is 26.0 Å². The summed E-state index contributed by atoms with van der Waals surface area (Å²) in [5.41, 5.74) is 0.550. The molecule has 1 amide bonds. The molecule has 1 N–H and O–H groups in total. The van der Waals surface area contributed by atoms with Crippen LogP contribution < -0.4 is 4.90 Å². The number of hydrogen-bond donors (Lipinski definition) is 1. The second-order valence-corrected chi connectivity index (χ2v) is 7.17. The molecule has 2 fully saturated rings. The Morgan fingerprint density at radius 2 is 2.22 bits per heavy atom. The third kappa shape index (κ3) is 3.13. The largest absolute Gasteiger partial charge is 0.394 e. The maximum Gasteiger partial charge on any atom is 0.245 e. The van der Waals surface area contributed by atoms with Gasteiger partial charge in [-0.25, -0.2) is 0 Å². The van der Waals surface area contributed by atoms with E-state index in [4.69, 9.17) is 4.74 Å². The lowest BCUT2D eigenvalue weighted by Gasteiger charge is -2.44. The van der Waals surface area contributed by atoms with E-state index in [1.807, 2.05) is 38.8 Å². The van der Waals surface area contributed by atoms with Gasteiger partial charge in [0, 0.05) is 32.7 Å². The molecule has 1 aromatic heterocycles. The highest BCUT2D eigenvalue weighted by Gasteiger charge is 2.43. The Labute approximate surface area is 136 Å². The first-order valence-electron chi connectivity index (χ1n) is 8.15. The van der Waals surface area contributed by atoms with Crippen LogP contribution in [0.5, 0.6) is 0 Å². The molecular weight excluding hydrogens is 296 g/mol. The topological polar surface area (TPSA) is 70.8 Å². The smallest absolute Gasteiger partial charge is 0.245 e. The van der Waals surface area contributed by atoms with Crippen LogP contribution in [0.15, 0.2) is 6.07 Å². The molecule has 2 aliphatic heterocycles. The van der Waals surface area contributed by atoms with Crippen molar-refractivity contribution in [3.63, 3.8) is 0 Å². The number of hydrogen-bond acceptors (Lipinski definition) is 5. The first kappa shape index (κ1) is 16.4. The first-order valence-corrected chi connectivity index (χ1v) is 8.15. The number of aliphatic hydroxyl groups is 1. The van der Waals surface area contributed by atoms with Crippen LogP contribution in [0, 0.1) is 6.92 Å². The van der Waals surface area contributed by atoms with Gasteiger partial charge < -0.3 is 9.84 Å². The van der Waals surface area contributed by atoms with E-state index in [1.54, 1.807) is 4.68 Å². The molecule has 0 saturated carbocycles. The number of nitrogens with zero attached hydrogens (tertiary/aromatic N) is 4. The van der Waals surface area contributed by atoms with E-state index in [1.165, 1.54) is 0 Å². The highest BCUT2D eigenvalue weighted by molar-refractivity contribution is 5.98.